The van der Waals surface area contributed by atoms with Gasteiger partial charge in [-0.1, -0.05) is 6.07 Å². The number of amides is 1. The van der Waals surface area contributed by atoms with Crippen LogP contribution < -0.4 is 27.0 Å². The van der Waals surface area contributed by atoms with Crippen molar-refractivity contribution in [2.75, 3.05) is 16.8 Å². The van der Waals surface area contributed by atoms with Crippen molar-refractivity contribution >= 4 is 56.6 Å². The monoisotopic (exact) mass is 675 g/mol. The molecule has 4 aromatic rings. The van der Waals surface area contributed by atoms with Gasteiger partial charge >= 0.3 is 5.69 Å². The van der Waals surface area contributed by atoms with E-state index in [0.717, 1.165) is 9.47 Å². The molecular weight excluding hydrogens is 648 g/mol. The Hall–Kier alpha value is -3.82. The Balaban J connectivity index is 1.88. The summed E-state index contributed by atoms with van der Waals surface area (Å²) in [7, 11) is 1.46. The molecule has 2 heterocycles. The Morgan fingerprint density at radius 2 is 1.88 bits per heavy atom. The van der Waals surface area contributed by atoms with Gasteiger partial charge in [0.15, 0.2) is 6.23 Å². The van der Waals surface area contributed by atoms with Crippen LogP contribution in [0.5, 0.6) is 0 Å². The van der Waals surface area contributed by atoms with Gasteiger partial charge in [0.05, 0.1) is 23.5 Å². The highest BCUT2D eigenvalue weighted by atomic mass is 127. The molecule has 1 aliphatic rings. The van der Waals surface area contributed by atoms with E-state index >= 15 is 0 Å². The van der Waals surface area contributed by atoms with Crippen LogP contribution in [0.1, 0.15) is 31.4 Å². The molecule has 5 rings (SSSR count). The number of rotatable bonds is 7. The van der Waals surface area contributed by atoms with E-state index in [1.54, 1.807) is 18.2 Å². The molecule has 1 amide bonds. The number of fused-ring (bicyclic) bond motifs is 1. The lowest BCUT2D eigenvalue weighted by Crippen LogP contribution is -2.42. The number of pyridine rings is 1. The third-order valence-electron chi connectivity index (χ3n) is 7.11. The number of carbonyl (C=O) groups is 1. The van der Waals surface area contributed by atoms with E-state index in [1.807, 2.05) is 22.6 Å². The molecule has 1 unspecified atom stereocenters. The molecule has 0 bridgehead atoms. The van der Waals surface area contributed by atoms with E-state index in [4.69, 9.17) is 0 Å². The van der Waals surface area contributed by atoms with Crippen molar-refractivity contribution in [3.63, 3.8) is 0 Å². The third kappa shape index (κ3) is 4.97. The van der Waals surface area contributed by atoms with Gasteiger partial charge < -0.3 is 15.5 Å². The lowest BCUT2D eigenvalue weighted by atomic mass is 10.1. The maximum atomic E-state index is 14.9. The summed E-state index contributed by atoms with van der Waals surface area (Å²) in [5, 5.41) is 22.7. The Bertz CT molecular complexity index is 1890. The van der Waals surface area contributed by atoms with E-state index in [2.05, 4.69) is 5.32 Å². The number of hydrogen-bond acceptors (Lipinski definition) is 7. The molecule has 2 aromatic heterocycles. The Labute approximate surface area is 246 Å². The lowest BCUT2D eigenvalue weighted by Gasteiger charge is -2.26. The summed E-state index contributed by atoms with van der Waals surface area (Å²) in [6.45, 7) is 1.99. The van der Waals surface area contributed by atoms with Gasteiger partial charge in [-0.3, -0.25) is 33.0 Å². The number of halogens is 2. The van der Waals surface area contributed by atoms with Crippen LogP contribution in [0.2, 0.25) is 0 Å². The average molecular weight is 675 g/mol. The zero-order valence-electron chi connectivity index (χ0n) is 22.4. The number of nitrogens with one attached hydrogen (secondary N) is 1. The Kier molecular flexibility index (Phi) is 7.61. The van der Waals surface area contributed by atoms with E-state index in [1.165, 1.54) is 54.3 Å². The van der Waals surface area contributed by atoms with Crippen molar-refractivity contribution in [1.29, 1.82) is 0 Å². The molecule has 1 aliphatic carbocycles. The van der Waals surface area contributed by atoms with Crippen molar-refractivity contribution in [3.05, 3.63) is 88.6 Å². The minimum Gasteiger partial charge on any atom is -0.392 e. The molecule has 214 valence electrons. The van der Waals surface area contributed by atoms with E-state index in [9.17, 15) is 33.8 Å². The minimum atomic E-state index is -1.54. The molecule has 3 N–H and O–H groups in total. The molecule has 2 aromatic carbocycles. The molecular formula is C28H27FIN5O6. The summed E-state index contributed by atoms with van der Waals surface area (Å²) in [5.74, 6) is -1.13. The van der Waals surface area contributed by atoms with E-state index < -0.39 is 41.4 Å². The van der Waals surface area contributed by atoms with Gasteiger partial charge in [-0.2, -0.15) is 0 Å². The van der Waals surface area contributed by atoms with Crippen LogP contribution in [0.3, 0.4) is 0 Å². The fourth-order valence-corrected chi connectivity index (χ4v) is 5.45. The molecule has 1 saturated carbocycles. The normalized spacial score (nSPS) is 13.8. The van der Waals surface area contributed by atoms with Crippen molar-refractivity contribution in [2.45, 2.75) is 39.0 Å². The first-order chi connectivity index (χ1) is 19.5. The van der Waals surface area contributed by atoms with Gasteiger partial charge in [0.25, 0.3) is 11.1 Å². The predicted molar refractivity (Wildman–Crippen MR) is 161 cm³/mol. The lowest BCUT2D eigenvalue weighted by molar-refractivity contribution is -0.119. The number of carbonyl (C=O) groups excluding carboxylic acids is 1. The smallest absolute Gasteiger partial charge is 0.336 e. The summed E-state index contributed by atoms with van der Waals surface area (Å²) in [6, 6.07) is 10.2. The molecule has 0 aliphatic heterocycles. The van der Waals surface area contributed by atoms with Crippen molar-refractivity contribution in [3.8, 4) is 5.69 Å². The summed E-state index contributed by atoms with van der Waals surface area (Å²) in [5.41, 5.74) is -1.24. The van der Waals surface area contributed by atoms with Crippen LogP contribution in [0.15, 0.2) is 56.8 Å². The van der Waals surface area contributed by atoms with Crippen LogP contribution in [-0.4, -0.2) is 42.7 Å². The van der Waals surface area contributed by atoms with E-state index in [-0.39, 0.29) is 45.4 Å². The number of aryl methyl sites for hydroxylation is 1. The average Bonchev–Trinajstić information content (AvgIpc) is 3.76. The summed E-state index contributed by atoms with van der Waals surface area (Å²) in [4.78, 5) is 54.7. The van der Waals surface area contributed by atoms with Crippen LogP contribution in [0.25, 0.3) is 16.6 Å². The van der Waals surface area contributed by atoms with E-state index in [0.29, 0.717) is 16.4 Å². The van der Waals surface area contributed by atoms with Crippen LogP contribution in [0.4, 0.5) is 21.6 Å². The highest BCUT2D eigenvalue weighted by molar-refractivity contribution is 14.1. The van der Waals surface area contributed by atoms with Crippen molar-refractivity contribution in [2.24, 2.45) is 7.05 Å². The Morgan fingerprint density at radius 1 is 1.17 bits per heavy atom. The highest BCUT2D eigenvalue weighted by Gasteiger charge is 2.32. The number of hydrogen-bond donors (Lipinski definition) is 3. The quantitative estimate of drug-likeness (QED) is 0.202. The first-order valence-electron chi connectivity index (χ1n) is 12.8. The maximum Gasteiger partial charge on any atom is 0.336 e. The van der Waals surface area contributed by atoms with Gasteiger partial charge in [0.1, 0.15) is 17.0 Å². The number of aliphatic hydroxyl groups is 2. The van der Waals surface area contributed by atoms with Gasteiger partial charge in [-0.05, 0) is 78.8 Å². The second-order valence-corrected chi connectivity index (χ2v) is 11.2. The van der Waals surface area contributed by atoms with Crippen LogP contribution >= 0.6 is 22.6 Å². The number of aromatic nitrogens is 3. The first-order valence-corrected chi connectivity index (χ1v) is 13.9. The summed E-state index contributed by atoms with van der Waals surface area (Å²) < 4.78 is 19.1. The molecule has 1 fully saturated rings. The van der Waals surface area contributed by atoms with Gasteiger partial charge in [0, 0.05) is 34.8 Å². The van der Waals surface area contributed by atoms with Crippen molar-refractivity contribution in [1.82, 2.24) is 13.7 Å². The first kappa shape index (κ1) is 28.7. The number of aliphatic hydroxyl groups excluding tert-OH is 2. The van der Waals surface area contributed by atoms with Gasteiger partial charge in [-0.25, -0.2) is 9.18 Å². The number of benzene rings is 2. The van der Waals surface area contributed by atoms with Crippen LogP contribution in [-0.2, 0) is 11.8 Å². The Morgan fingerprint density at radius 3 is 2.49 bits per heavy atom. The molecule has 11 nitrogen and oxygen atoms in total. The summed E-state index contributed by atoms with van der Waals surface area (Å²) in [6.07, 6.45) is -0.313. The van der Waals surface area contributed by atoms with Gasteiger partial charge in [0.2, 0.25) is 5.91 Å². The number of anilines is 3. The minimum absolute atomic E-state index is 0.0123. The largest absolute Gasteiger partial charge is 0.392 e. The second-order valence-electron chi connectivity index (χ2n) is 9.91. The molecule has 13 heteroatoms. The van der Waals surface area contributed by atoms with Gasteiger partial charge in [-0.15, -0.1) is 0 Å². The highest BCUT2D eigenvalue weighted by Crippen LogP contribution is 2.34. The number of nitrogens with zero attached hydrogens (tertiary/aromatic N) is 4. The predicted octanol–water partition coefficient (Wildman–Crippen LogP) is 2.65. The topological polar surface area (TPSA) is 139 Å². The standard InChI is InChI=1S/C28H27FIN5O6/c1-14-24-23(25(32(3)26(14)39)31-21-10-7-16(30)11-20(21)29)27(40)35(17-8-9-17)28(41)34(24)19-6-4-5-18(12-19)33(15(2)37)22(38)13-36/h4-7,10-12,17,22,31,36,38H,8-9,13H2,1-3H3. The molecule has 0 radical (unpaired) electrons. The zero-order chi connectivity index (χ0) is 29.7. The molecule has 41 heavy (non-hydrogen) atoms. The van der Waals surface area contributed by atoms with Crippen molar-refractivity contribution < 1.29 is 19.4 Å². The SMILES string of the molecule is CC(=O)N(c1cccc(-n2c(=O)n(C3CC3)c(=O)c3c(Nc4ccc(I)cc4F)n(C)c(=O)c(C)c32)c1)C(O)CO. The third-order valence-corrected chi connectivity index (χ3v) is 7.78. The molecule has 1 atom stereocenters. The molecule has 0 spiro atoms. The summed E-state index contributed by atoms with van der Waals surface area (Å²) >= 11 is 1.97. The molecule has 0 saturated heterocycles. The fourth-order valence-electron chi connectivity index (χ4n) is 5.00. The maximum absolute atomic E-state index is 14.9. The van der Waals surface area contributed by atoms with Crippen LogP contribution in [0, 0.1) is 16.3 Å². The fraction of sp³-hybridized carbons (Fsp3) is 0.286. The zero-order valence-corrected chi connectivity index (χ0v) is 24.5. The second kappa shape index (κ2) is 10.9.